The van der Waals surface area contributed by atoms with Gasteiger partial charge in [-0.2, -0.15) is 0 Å². The van der Waals surface area contributed by atoms with Crippen LogP contribution in [0.1, 0.15) is 0 Å². The fraction of sp³-hybridized carbons (Fsp3) is 0. The number of rotatable bonds is 9. The third-order valence-corrected chi connectivity index (χ3v) is 22.5. The second-order valence-electron chi connectivity index (χ2n) is 28.4. The molecule has 0 aliphatic rings. The molecule has 0 amide bonds. The van der Waals surface area contributed by atoms with E-state index in [1.54, 1.807) is 0 Å². The molecule has 17 aromatic carbocycles. The van der Waals surface area contributed by atoms with Gasteiger partial charge in [-0.25, -0.2) is 0 Å². The lowest BCUT2D eigenvalue weighted by Gasteiger charge is -2.12. The molecule has 0 N–H and O–H groups in total. The molecule has 0 bridgehead atoms. The van der Waals surface area contributed by atoms with Crippen molar-refractivity contribution in [3.63, 3.8) is 0 Å². The van der Waals surface area contributed by atoms with Crippen molar-refractivity contribution in [1.82, 2.24) is 27.4 Å². The summed E-state index contributed by atoms with van der Waals surface area (Å²) in [5, 5.41) is 15.1. The summed E-state index contributed by atoms with van der Waals surface area (Å²) in [6.45, 7) is 0. The van der Waals surface area contributed by atoms with Crippen molar-refractivity contribution < 1.29 is 0 Å². The van der Waals surface area contributed by atoms with Crippen molar-refractivity contribution in [2.45, 2.75) is 0 Å². The van der Waals surface area contributed by atoms with Crippen LogP contribution in [0, 0.1) is 0 Å². The predicted octanol–water partition coefficient (Wildman–Crippen LogP) is 27.0. The molecule has 6 heteroatoms. The van der Waals surface area contributed by atoms with Gasteiger partial charge in [0.1, 0.15) is 0 Å². The smallest absolute Gasteiger partial charge is 0.0547 e. The van der Waals surface area contributed by atoms with E-state index in [2.05, 4.69) is 428 Å². The van der Waals surface area contributed by atoms with Crippen LogP contribution in [0.5, 0.6) is 0 Å². The molecule has 0 saturated heterocycles. The molecule has 504 valence electrons. The van der Waals surface area contributed by atoms with Gasteiger partial charge in [0.25, 0.3) is 0 Å². The molecule has 0 aliphatic heterocycles. The van der Waals surface area contributed by atoms with Gasteiger partial charge in [-0.3, -0.25) is 0 Å². The predicted molar refractivity (Wildman–Crippen MR) is 455 cm³/mol. The first-order valence-corrected chi connectivity index (χ1v) is 37.1. The first-order valence-electron chi connectivity index (χ1n) is 37.1. The SMILES string of the molecule is c1ccc(-n2c3ccccc3c3cc(-c4ccc5c(c4)c4ccccc4n5-c4ccc(-c5ccc6c7ccccc7n(-c7ccccc7)c6c5)cc4)ccc32)cc1.c1ccc(-n2c3ccccc3c3cc(-c4ccc5c(c4)c4ccccc4n5-c4ccc(-n5c6ccccc6c6ccccc65)cc4)ccc32)cc1. The van der Waals surface area contributed by atoms with Crippen LogP contribution in [0.25, 0.3) is 198 Å². The van der Waals surface area contributed by atoms with E-state index in [1.165, 1.54) is 181 Å². The van der Waals surface area contributed by atoms with Gasteiger partial charge in [0.15, 0.2) is 0 Å². The third kappa shape index (κ3) is 9.60. The summed E-state index contributed by atoms with van der Waals surface area (Å²) in [5.41, 5.74) is 28.8. The summed E-state index contributed by atoms with van der Waals surface area (Å²) in [6.07, 6.45) is 0. The summed E-state index contributed by atoms with van der Waals surface area (Å²) in [5.74, 6) is 0. The lowest BCUT2D eigenvalue weighted by molar-refractivity contribution is 1.14. The Bertz CT molecular complexity index is 7460. The standard InChI is InChI=1S/C54H35N3.C48H31N3/c1-3-13-40(14-4-1)55-50-21-11-8-18-44(50)47-33-37(26-31-52(47)55)38-27-32-53-48(34-38)45-19-9-12-22-51(45)56(53)42-28-23-36(24-29-42)39-25-30-46-43-17-7-10-20-49(43)57(54(46)35-39)41-15-5-2-6-16-41;1-2-12-34(13-3-1)49-45-20-10-6-16-39(45)41-30-32(22-28-47(41)49)33-23-29-48-42(31-33)40-17-7-11-21-46(40)51(48)36-26-24-35(25-27-36)50-43-18-8-4-14-37(43)38-15-5-9-19-44(38)50/h1-35H;1-31H. The van der Waals surface area contributed by atoms with Gasteiger partial charge in [0.2, 0.25) is 0 Å². The zero-order valence-corrected chi connectivity index (χ0v) is 58.8. The van der Waals surface area contributed by atoms with Crippen molar-refractivity contribution in [3.05, 3.63) is 400 Å². The Hall–Kier alpha value is -14.5. The molecule has 0 fully saturated rings. The lowest BCUT2D eigenvalue weighted by Crippen LogP contribution is -1.97. The number of nitrogens with zero attached hydrogens (tertiary/aromatic N) is 6. The summed E-state index contributed by atoms with van der Waals surface area (Å²) in [7, 11) is 0. The molecule has 0 aliphatic carbocycles. The molecule has 0 spiro atoms. The van der Waals surface area contributed by atoms with E-state index in [-0.39, 0.29) is 0 Å². The Labute approximate surface area is 622 Å². The Kier molecular flexibility index (Phi) is 13.9. The van der Waals surface area contributed by atoms with Gasteiger partial charge >= 0.3 is 0 Å². The van der Waals surface area contributed by atoms with E-state index in [9.17, 15) is 0 Å². The maximum absolute atomic E-state index is 2.41. The van der Waals surface area contributed by atoms with Gasteiger partial charge < -0.3 is 27.4 Å². The lowest BCUT2D eigenvalue weighted by atomic mass is 10.0. The van der Waals surface area contributed by atoms with E-state index in [4.69, 9.17) is 0 Å². The molecule has 0 radical (unpaired) electrons. The van der Waals surface area contributed by atoms with Crippen molar-refractivity contribution in [3.8, 4) is 67.5 Å². The van der Waals surface area contributed by atoms with Crippen molar-refractivity contribution in [2.24, 2.45) is 0 Å². The van der Waals surface area contributed by atoms with E-state index in [0.29, 0.717) is 0 Å². The van der Waals surface area contributed by atoms with Crippen molar-refractivity contribution >= 4 is 131 Å². The van der Waals surface area contributed by atoms with Gasteiger partial charge in [0.05, 0.1) is 66.2 Å². The summed E-state index contributed by atoms with van der Waals surface area (Å²) in [6, 6.07) is 146. The van der Waals surface area contributed by atoms with Crippen LogP contribution in [0.4, 0.5) is 0 Å². The molecule has 108 heavy (non-hydrogen) atoms. The quantitative estimate of drug-likeness (QED) is 0.138. The highest BCUT2D eigenvalue weighted by molar-refractivity contribution is 6.16. The zero-order chi connectivity index (χ0) is 70.9. The highest BCUT2D eigenvalue weighted by Crippen LogP contribution is 2.43. The Balaban J connectivity index is 0.000000135. The fourth-order valence-electron chi connectivity index (χ4n) is 17.6. The van der Waals surface area contributed by atoms with Gasteiger partial charge in [-0.1, -0.05) is 231 Å². The first kappa shape index (κ1) is 61.1. The second kappa shape index (κ2) is 24.6. The number of fused-ring (bicyclic) bond motifs is 18. The minimum atomic E-state index is 1.15. The maximum atomic E-state index is 2.41. The van der Waals surface area contributed by atoms with E-state index in [1.807, 2.05) is 0 Å². The first-order chi connectivity index (χ1) is 53.6. The molecule has 0 unspecified atom stereocenters. The largest absolute Gasteiger partial charge is 0.309 e. The van der Waals surface area contributed by atoms with E-state index in [0.717, 1.165) is 17.1 Å². The number of hydrogen-bond donors (Lipinski definition) is 0. The average molecular weight is 1380 g/mol. The molecule has 0 atom stereocenters. The maximum Gasteiger partial charge on any atom is 0.0547 e. The summed E-state index contributed by atoms with van der Waals surface area (Å²) < 4.78 is 14.3. The van der Waals surface area contributed by atoms with Crippen LogP contribution in [0.15, 0.2) is 400 Å². The monoisotopic (exact) mass is 1370 g/mol. The molecule has 6 nitrogen and oxygen atoms in total. The van der Waals surface area contributed by atoms with Gasteiger partial charge in [-0.15, -0.1) is 0 Å². The summed E-state index contributed by atoms with van der Waals surface area (Å²) in [4.78, 5) is 0. The van der Waals surface area contributed by atoms with Crippen molar-refractivity contribution in [1.29, 1.82) is 0 Å². The normalized spacial score (nSPS) is 11.9. The Morgan fingerprint density at radius 2 is 0.278 bits per heavy atom. The van der Waals surface area contributed by atoms with Crippen LogP contribution in [0.2, 0.25) is 0 Å². The fourth-order valence-corrected chi connectivity index (χ4v) is 17.6. The number of aromatic nitrogens is 6. The molecule has 0 saturated carbocycles. The minimum absolute atomic E-state index is 1.15. The average Bonchev–Trinajstić information content (AvgIpc) is 1.60. The van der Waals surface area contributed by atoms with Crippen LogP contribution in [0.3, 0.4) is 0 Å². The molecule has 23 rings (SSSR count). The van der Waals surface area contributed by atoms with Crippen LogP contribution in [-0.2, 0) is 0 Å². The van der Waals surface area contributed by atoms with Gasteiger partial charge in [0, 0.05) is 98.8 Å². The molecule has 23 aromatic rings. The minimum Gasteiger partial charge on any atom is -0.309 e. The second-order valence-corrected chi connectivity index (χ2v) is 28.4. The molecule has 6 heterocycles. The van der Waals surface area contributed by atoms with Crippen LogP contribution in [-0.4, -0.2) is 27.4 Å². The van der Waals surface area contributed by atoms with Crippen LogP contribution < -0.4 is 0 Å². The topological polar surface area (TPSA) is 29.6 Å². The van der Waals surface area contributed by atoms with Crippen molar-refractivity contribution in [2.75, 3.05) is 0 Å². The number of hydrogen-bond acceptors (Lipinski definition) is 0. The van der Waals surface area contributed by atoms with Crippen LogP contribution >= 0.6 is 0 Å². The molecular weight excluding hydrogens is 1310 g/mol. The summed E-state index contributed by atoms with van der Waals surface area (Å²) >= 11 is 0. The highest BCUT2D eigenvalue weighted by atomic mass is 15.0. The molecular formula is C102H66N6. The van der Waals surface area contributed by atoms with Gasteiger partial charge in [-0.05, 0) is 203 Å². The zero-order valence-electron chi connectivity index (χ0n) is 58.8. The highest BCUT2D eigenvalue weighted by Gasteiger charge is 2.21. The number of benzene rings is 17. The Morgan fingerprint density at radius 3 is 0.556 bits per heavy atom. The van der Waals surface area contributed by atoms with E-state index >= 15 is 0 Å². The third-order valence-electron chi connectivity index (χ3n) is 22.5. The molecule has 6 aromatic heterocycles. The Morgan fingerprint density at radius 1 is 0.102 bits per heavy atom. The van der Waals surface area contributed by atoms with E-state index < -0.39 is 0 Å². The number of para-hydroxylation sites is 10.